The van der Waals surface area contributed by atoms with Gasteiger partial charge in [0.15, 0.2) is 5.82 Å². The Balaban J connectivity index is 2.29. The van der Waals surface area contributed by atoms with Crippen LogP contribution in [0.1, 0.15) is 13.8 Å². The Morgan fingerprint density at radius 2 is 2.06 bits per heavy atom. The van der Waals surface area contributed by atoms with Crippen LogP contribution in [0.2, 0.25) is 0 Å². The molecule has 0 saturated heterocycles. The molecule has 0 aliphatic rings. The highest BCUT2D eigenvalue weighted by atomic mass is 19.1. The molecule has 0 spiro atoms. The molecule has 1 aromatic rings. The maximum absolute atomic E-state index is 12.5. The first-order valence-corrected chi connectivity index (χ1v) is 5.06. The van der Waals surface area contributed by atoms with Crippen LogP contribution >= 0.6 is 0 Å². The van der Waals surface area contributed by atoms with Gasteiger partial charge in [-0.25, -0.2) is 14.4 Å². The van der Waals surface area contributed by atoms with E-state index in [1.807, 2.05) is 13.8 Å². The Morgan fingerprint density at radius 3 is 2.62 bits per heavy atom. The summed E-state index contributed by atoms with van der Waals surface area (Å²) in [4.78, 5) is 18.6. The van der Waals surface area contributed by atoms with Gasteiger partial charge in [-0.2, -0.15) is 0 Å². The van der Waals surface area contributed by atoms with Crippen LogP contribution < -0.4 is 10.6 Å². The molecule has 6 heteroatoms. The summed E-state index contributed by atoms with van der Waals surface area (Å²) in [6.07, 6.45) is 2.09. The van der Waals surface area contributed by atoms with Crippen LogP contribution in [0.15, 0.2) is 12.4 Å². The van der Waals surface area contributed by atoms with Gasteiger partial charge in [-0.3, -0.25) is 4.79 Å². The van der Waals surface area contributed by atoms with Gasteiger partial charge in [0.2, 0.25) is 11.9 Å². The molecule has 1 rings (SSSR count). The van der Waals surface area contributed by atoms with Crippen molar-refractivity contribution in [2.45, 2.75) is 13.8 Å². The van der Waals surface area contributed by atoms with Gasteiger partial charge in [0.25, 0.3) is 0 Å². The first-order chi connectivity index (χ1) is 7.58. The van der Waals surface area contributed by atoms with E-state index in [-0.39, 0.29) is 18.4 Å². The molecule has 0 atom stereocenters. The van der Waals surface area contributed by atoms with E-state index in [1.165, 1.54) is 0 Å². The number of rotatable bonds is 5. The highest BCUT2D eigenvalue weighted by molar-refractivity contribution is 5.80. The average Bonchev–Trinajstić information content (AvgIpc) is 2.25. The molecule has 2 N–H and O–H groups in total. The van der Waals surface area contributed by atoms with Crippen LogP contribution in [-0.2, 0) is 4.79 Å². The van der Waals surface area contributed by atoms with Crippen LogP contribution in [0.5, 0.6) is 0 Å². The number of carbonyl (C=O) groups is 1. The number of halogens is 1. The fourth-order valence-corrected chi connectivity index (χ4v) is 0.943. The van der Waals surface area contributed by atoms with E-state index in [0.717, 1.165) is 12.4 Å². The Kier molecular flexibility index (Phi) is 4.63. The molecular formula is C10H15FN4O. The quantitative estimate of drug-likeness (QED) is 0.779. The number of aromatic nitrogens is 2. The fraction of sp³-hybridized carbons (Fsp3) is 0.500. The van der Waals surface area contributed by atoms with Gasteiger partial charge in [0.1, 0.15) is 0 Å². The summed E-state index contributed by atoms with van der Waals surface area (Å²) in [5, 5.41) is 5.43. The Labute approximate surface area is 93.5 Å². The third kappa shape index (κ3) is 4.68. The number of anilines is 1. The fourth-order valence-electron chi connectivity index (χ4n) is 0.943. The minimum atomic E-state index is -0.505. The van der Waals surface area contributed by atoms with E-state index in [1.54, 1.807) is 0 Å². The number of nitrogens with zero attached hydrogens (tertiary/aromatic N) is 2. The van der Waals surface area contributed by atoms with Crippen molar-refractivity contribution in [1.29, 1.82) is 0 Å². The third-order valence-electron chi connectivity index (χ3n) is 1.73. The number of hydrogen-bond donors (Lipinski definition) is 2. The highest BCUT2D eigenvalue weighted by Gasteiger charge is 2.03. The zero-order valence-corrected chi connectivity index (χ0v) is 9.33. The zero-order valence-electron chi connectivity index (χ0n) is 9.33. The van der Waals surface area contributed by atoms with Gasteiger partial charge in [0.05, 0.1) is 18.9 Å². The molecule has 0 radical (unpaired) electrons. The molecule has 1 heterocycles. The largest absolute Gasteiger partial charge is 0.354 e. The summed E-state index contributed by atoms with van der Waals surface area (Å²) in [6, 6.07) is 0. The normalized spacial score (nSPS) is 10.2. The predicted octanol–water partition coefficient (Wildman–Crippen LogP) is 0.800. The Bertz CT molecular complexity index is 339. The molecular weight excluding hydrogens is 211 g/mol. The second-order valence-corrected chi connectivity index (χ2v) is 3.78. The lowest BCUT2D eigenvalue weighted by Crippen LogP contribution is -2.32. The van der Waals surface area contributed by atoms with Crippen molar-refractivity contribution in [1.82, 2.24) is 15.3 Å². The topological polar surface area (TPSA) is 66.9 Å². The maximum Gasteiger partial charge on any atom is 0.239 e. The van der Waals surface area contributed by atoms with E-state index in [9.17, 15) is 9.18 Å². The SMILES string of the molecule is CC(C)CNC(=O)CNc1ncc(F)cn1. The molecule has 1 amide bonds. The van der Waals surface area contributed by atoms with Crippen molar-refractivity contribution in [2.24, 2.45) is 5.92 Å². The van der Waals surface area contributed by atoms with Crippen molar-refractivity contribution < 1.29 is 9.18 Å². The molecule has 88 valence electrons. The Hall–Kier alpha value is -1.72. The van der Waals surface area contributed by atoms with Gasteiger partial charge in [-0.15, -0.1) is 0 Å². The summed E-state index contributed by atoms with van der Waals surface area (Å²) in [7, 11) is 0. The molecule has 0 aliphatic heterocycles. The predicted molar refractivity (Wildman–Crippen MR) is 58.3 cm³/mol. The lowest BCUT2D eigenvalue weighted by molar-refractivity contribution is -0.119. The van der Waals surface area contributed by atoms with E-state index in [4.69, 9.17) is 0 Å². The maximum atomic E-state index is 12.5. The minimum absolute atomic E-state index is 0.0817. The summed E-state index contributed by atoms with van der Waals surface area (Å²) in [5.74, 6) is 0.00329. The highest BCUT2D eigenvalue weighted by Crippen LogP contribution is 1.97. The minimum Gasteiger partial charge on any atom is -0.354 e. The molecule has 1 aromatic heterocycles. The summed E-state index contributed by atoms with van der Waals surface area (Å²) >= 11 is 0. The lowest BCUT2D eigenvalue weighted by atomic mass is 10.2. The number of nitrogens with one attached hydrogen (secondary N) is 2. The molecule has 0 aliphatic carbocycles. The van der Waals surface area contributed by atoms with Crippen molar-refractivity contribution in [2.75, 3.05) is 18.4 Å². The number of amides is 1. The third-order valence-corrected chi connectivity index (χ3v) is 1.73. The molecule has 5 nitrogen and oxygen atoms in total. The molecule has 0 saturated carbocycles. The molecule has 16 heavy (non-hydrogen) atoms. The molecule has 0 unspecified atom stereocenters. The van der Waals surface area contributed by atoms with Crippen LogP contribution in [0.4, 0.5) is 10.3 Å². The van der Waals surface area contributed by atoms with Gasteiger partial charge in [-0.1, -0.05) is 13.8 Å². The van der Waals surface area contributed by atoms with Crippen molar-refractivity contribution in [3.8, 4) is 0 Å². The van der Waals surface area contributed by atoms with E-state index < -0.39 is 5.82 Å². The summed E-state index contributed by atoms with van der Waals surface area (Å²) < 4.78 is 12.5. The number of carbonyl (C=O) groups excluding carboxylic acids is 1. The van der Waals surface area contributed by atoms with Gasteiger partial charge in [-0.05, 0) is 5.92 Å². The standard InChI is InChI=1S/C10H15FN4O/c1-7(2)3-12-9(16)6-15-10-13-4-8(11)5-14-10/h4-5,7H,3,6H2,1-2H3,(H,12,16)(H,13,14,15). The second kappa shape index (κ2) is 5.99. The van der Waals surface area contributed by atoms with Gasteiger partial charge in [0, 0.05) is 6.54 Å². The van der Waals surface area contributed by atoms with Crippen molar-refractivity contribution in [3.63, 3.8) is 0 Å². The van der Waals surface area contributed by atoms with Crippen LogP contribution in [0, 0.1) is 11.7 Å². The first-order valence-electron chi connectivity index (χ1n) is 5.06. The van der Waals surface area contributed by atoms with Crippen LogP contribution in [-0.4, -0.2) is 29.0 Å². The second-order valence-electron chi connectivity index (χ2n) is 3.78. The number of hydrogen-bond acceptors (Lipinski definition) is 4. The van der Waals surface area contributed by atoms with Crippen molar-refractivity contribution >= 4 is 11.9 Å². The lowest BCUT2D eigenvalue weighted by Gasteiger charge is -2.08. The van der Waals surface area contributed by atoms with Crippen LogP contribution in [0.3, 0.4) is 0 Å². The van der Waals surface area contributed by atoms with Gasteiger partial charge >= 0.3 is 0 Å². The Morgan fingerprint density at radius 1 is 1.44 bits per heavy atom. The molecule has 0 fully saturated rings. The van der Waals surface area contributed by atoms with Crippen LogP contribution in [0.25, 0.3) is 0 Å². The van der Waals surface area contributed by atoms with Crippen molar-refractivity contribution in [3.05, 3.63) is 18.2 Å². The first kappa shape index (κ1) is 12.4. The van der Waals surface area contributed by atoms with E-state index >= 15 is 0 Å². The van der Waals surface area contributed by atoms with E-state index in [2.05, 4.69) is 20.6 Å². The molecule has 0 aromatic carbocycles. The summed E-state index contributed by atoms with van der Waals surface area (Å²) in [6.45, 7) is 4.73. The van der Waals surface area contributed by atoms with E-state index in [0.29, 0.717) is 12.5 Å². The van der Waals surface area contributed by atoms with Gasteiger partial charge < -0.3 is 10.6 Å². The summed E-state index contributed by atoms with van der Waals surface area (Å²) in [5.41, 5.74) is 0. The average molecular weight is 226 g/mol. The smallest absolute Gasteiger partial charge is 0.239 e. The molecule has 0 bridgehead atoms. The monoisotopic (exact) mass is 226 g/mol. The zero-order chi connectivity index (χ0) is 12.0.